The van der Waals surface area contributed by atoms with Gasteiger partial charge in [-0.25, -0.2) is 13.8 Å². The average molecular weight is 303 g/mol. The standard InChI is InChI=1S/C14H17ClF2N2O/c1-3-10(8-20-2)19-12-7-9(16)6-11(17)14(12)18-13(19)4-5-15/h6-7,10H,3-5,8H2,1-2H3. The number of aromatic nitrogens is 2. The van der Waals surface area contributed by atoms with Crippen molar-refractivity contribution in [3.63, 3.8) is 0 Å². The molecule has 0 saturated heterocycles. The molecule has 3 nitrogen and oxygen atoms in total. The van der Waals surface area contributed by atoms with E-state index in [1.54, 1.807) is 7.11 Å². The smallest absolute Gasteiger partial charge is 0.153 e. The highest BCUT2D eigenvalue weighted by Crippen LogP contribution is 2.26. The molecule has 1 aromatic carbocycles. The maximum Gasteiger partial charge on any atom is 0.153 e. The number of imidazole rings is 1. The van der Waals surface area contributed by atoms with Crippen LogP contribution in [0.1, 0.15) is 25.2 Å². The highest BCUT2D eigenvalue weighted by atomic mass is 35.5. The summed E-state index contributed by atoms with van der Waals surface area (Å²) in [5.74, 6) is -0.234. The molecule has 6 heteroatoms. The van der Waals surface area contributed by atoms with E-state index in [0.29, 0.717) is 30.2 Å². The van der Waals surface area contributed by atoms with Gasteiger partial charge in [-0.05, 0) is 12.5 Å². The zero-order valence-electron chi connectivity index (χ0n) is 11.5. The summed E-state index contributed by atoms with van der Waals surface area (Å²) in [5.41, 5.74) is 0.632. The van der Waals surface area contributed by atoms with Gasteiger partial charge in [-0.15, -0.1) is 11.6 Å². The molecule has 1 heterocycles. The number of ether oxygens (including phenoxy) is 1. The van der Waals surface area contributed by atoms with Gasteiger partial charge in [0.25, 0.3) is 0 Å². The molecule has 0 aliphatic heterocycles. The fraction of sp³-hybridized carbons (Fsp3) is 0.500. The lowest BCUT2D eigenvalue weighted by Gasteiger charge is -2.19. The molecule has 0 N–H and O–H groups in total. The third-order valence-electron chi connectivity index (χ3n) is 3.30. The van der Waals surface area contributed by atoms with E-state index in [1.807, 2.05) is 11.5 Å². The first-order valence-corrected chi connectivity index (χ1v) is 7.06. The number of halogens is 3. The Morgan fingerprint density at radius 3 is 2.75 bits per heavy atom. The monoisotopic (exact) mass is 302 g/mol. The van der Waals surface area contributed by atoms with Crippen molar-refractivity contribution in [1.29, 1.82) is 0 Å². The van der Waals surface area contributed by atoms with Gasteiger partial charge in [0.1, 0.15) is 17.2 Å². The van der Waals surface area contributed by atoms with E-state index in [9.17, 15) is 8.78 Å². The molecule has 20 heavy (non-hydrogen) atoms. The van der Waals surface area contributed by atoms with Crippen LogP contribution in [0.5, 0.6) is 0 Å². The van der Waals surface area contributed by atoms with Crippen molar-refractivity contribution < 1.29 is 13.5 Å². The van der Waals surface area contributed by atoms with Gasteiger partial charge in [-0.2, -0.15) is 0 Å². The highest BCUT2D eigenvalue weighted by Gasteiger charge is 2.20. The van der Waals surface area contributed by atoms with Gasteiger partial charge in [0.15, 0.2) is 5.82 Å². The predicted octanol–water partition coefficient (Wildman–Crippen LogP) is 3.69. The van der Waals surface area contributed by atoms with Crippen LogP contribution in [0.3, 0.4) is 0 Å². The van der Waals surface area contributed by atoms with E-state index in [1.165, 1.54) is 6.07 Å². The van der Waals surface area contributed by atoms with Gasteiger partial charge >= 0.3 is 0 Å². The lowest BCUT2D eigenvalue weighted by molar-refractivity contribution is 0.153. The van der Waals surface area contributed by atoms with Crippen LogP contribution in [-0.4, -0.2) is 29.1 Å². The summed E-state index contributed by atoms with van der Waals surface area (Å²) in [6.07, 6.45) is 1.27. The third-order valence-corrected chi connectivity index (χ3v) is 3.49. The number of nitrogens with zero attached hydrogens (tertiary/aromatic N) is 2. The molecule has 0 aliphatic rings. The molecule has 1 atom stereocenters. The molecule has 0 saturated carbocycles. The molecule has 0 spiro atoms. The second-order valence-corrected chi connectivity index (χ2v) is 4.99. The first kappa shape index (κ1) is 15.2. The van der Waals surface area contributed by atoms with Crippen molar-refractivity contribution in [1.82, 2.24) is 9.55 Å². The third kappa shape index (κ3) is 2.79. The SMILES string of the molecule is CCC(COC)n1c(CCCl)nc2c(F)cc(F)cc21. The molecule has 0 radical (unpaired) electrons. The minimum absolute atomic E-state index is 0.0237. The minimum atomic E-state index is -0.651. The Morgan fingerprint density at radius 2 is 2.15 bits per heavy atom. The van der Waals surface area contributed by atoms with Crippen molar-refractivity contribution in [3.05, 3.63) is 29.6 Å². The van der Waals surface area contributed by atoms with Crippen LogP contribution < -0.4 is 0 Å². The van der Waals surface area contributed by atoms with E-state index in [-0.39, 0.29) is 11.6 Å². The van der Waals surface area contributed by atoms with Crippen molar-refractivity contribution >= 4 is 22.6 Å². The second kappa shape index (κ2) is 6.50. The summed E-state index contributed by atoms with van der Waals surface area (Å²) in [4.78, 5) is 4.28. The number of fused-ring (bicyclic) bond motifs is 1. The van der Waals surface area contributed by atoms with Crippen molar-refractivity contribution in [3.8, 4) is 0 Å². The van der Waals surface area contributed by atoms with Gasteiger partial charge in [0, 0.05) is 25.5 Å². The van der Waals surface area contributed by atoms with Gasteiger partial charge in [-0.1, -0.05) is 6.92 Å². The Hall–Kier alpha value is -1.20. The molecule has 2 rings (SSSR count). The first-order chi connectivity index (χ1) is 9.62. The molecule has 0 amide bonds. The van der Waals surface area contributed by atoms with Crippen LogP contribution in [0.2, 0.25) is 0 Å². The molecule has 1 aromatic heterocycles. The number of hydrogen-bond acceptors (Lipinski definition) is 2. The summed E-state index contributed by atoms with van der Waals surface area (Å²) in [6.45, 7) is 2.45. The first-order valence-electron chi connectivity index (χ1n) is 6.53. The number of hydrogen-bond donors (Lipinski definition) is 0. The molecule has 0 fully saturated rings. The summed E-state index contributed by atoms with van der Waals surface area (Å²) in [5, 5.41) is 0. The van der Waals surface area contributed by atoms with Crippen LogP contribution >= 0.6 is 11.6 Å². The van der Waals surface area contributed by atoms with E-state index in [4.69, 9.17) is 16.3 Å². The number of aryl methyl sites for hydroxylation is 1. The van der Waals surface area contributed by atoms with Gasteiger partial charge in [0.05, 0.1) is 18.2 Å². The fourth-order valence-electron chi connectivity index (χ4n) is 2.40. The summed E-state index contributed by atoms with van der Waals surface area (Å²) in [7, 11) is 1.60. The number of alkyl halides is 1. The second-order valence-electron chi connectivity index (χ2n) is 4.61. The van der Waals surface area contributed by atoms with Crippen LogP contribution in [0.15, 0.2) is 12.1 Å². The Labute approximate surface area is 121 Å². The fourth-order valence-corrected chi connectivity index (χ4v) is 2.57. The predicted molar refractivity (Wildman–Crippen MR) is 75.3 cm³/mol. The molecule has 0 bridgehead atoms. The Morgan fingerprint density at radius 1 is 1.40 bits per heavy atom. The zero-order chi connectivity index (χ0) is 14.7. The quantitative estimate of drug-likeness (QED) is 0.761. The summed E-state index contributed by atoms with van der Waals surface area (Å²) < 4.78 is 34.4. The van der Waals surface area contributed by atoms with Gasteiger partial charge in [-0.3, -0.25) is 0 Å². The van der Waals surface area contributed by atoms with Crippen molar-refractivity contribution in [2.24, 2.45) is 0 Å². The van der Waals surface area contributed by atoms with E-state index in [0.717, 1.165) is 12.5 Å². The zero-order valence-corrected chi connectivity index (χ0v) is 12.3. The molecular weight excluding hydrogens is 286 g/mol. The Bertz CT molecular complexity index is 600. The van der Waals surface area contributed by atoms with Gasteiger partial charge in [0.2, 0.25) is 0 Å². The summed E-state index contributed by atoms with van der Waals surface area (Å²) >= 11 is 5.78. The van der Waals surface area contributed by atoms with Crippen LogP contribution in [0, 0.1) is 11.6 Å². The van der Waals surface area contributed by atoms with E-state index >= 15 is 0 Å². The maximum absolute atomic E-state index is 13.9. The Balaban J connectivity index is 2.66. The van der Waals surface area contributed by atoms with E-state index in [2.05, 4.69) is 4.98 Å². The number of methoxy groups -OCH3 is 1. The largest absolute Gasteiger partial charge is 0.383 e. The number of rotatable bonds is 6. The van der Waals surface area contributed by atoms with Gasteiger partial charge < -0.3 is 9.30 Å². The molecular formula is C14H17ClF2N2O. The van der Waals surface area contributed by atoms with Crippen LogP contribution in [0.25, 0.3) is 11.0 Å². The topological polar surface area (TPSA) is 27.1 Å². The van der Waals surface area contributed by atoms with Crippen LogP contribution in [-0.2, 0) is 11.2 Å². The summed E-state index contributed by atoms with van der Waals surface area (Å²) in [6, 6.07) is 2.13. The normalized spacial score (nSPS) is 13.1. The number of benzene rings is 1. The van der Waals surface area contributed by atoms with E-state index < -0.39 is 11.6 Å². The molecule has 1 unspecified atom stereocenters. The minimum Gasteiger partial charge on any atom is -0.383 e. The molecule has 0 aliphatic carbocycles. The maximum atomic E-state index is 13.9. The lowest BCUT2D eigenvalue weighted by atomic mass is 10.2. The molecule has 2 aromatic rings. The molecule has 110 valence electrons. The highest BCUT2D eigenvalue weighted by molar-refractivity contribution is 6.17. The Kier molecular flexibility index (Phi) is 4.94. The van der Waals surface area contributed by atoms with Crippen LogP contribution in [0.4, 0.5) is 8.78 Å². The lowest BCUT2D eigenvalue weighted by Crippen LogP contribution is -2.17. The average Bonchev–Trinajstić information content (AvgIpc) is 2.75. The van der Waals surface area contributed by atoms with Crippen molar-refractivity contribution in [2.45, 2.75) is 25.8 Å². The van der Waals surface area contributed by atoms with Crippen molar-refractivity contribution in [2.75, 3.05) is 19.6 Å².